The van der Waals surface area contributed by atoms with Gasteiger partial charge in [0.25, 0.3) is 0 Å². The van der Waals surface area contributed by atoms with Gasteiger partial charge >= 0.3 is 12.1 Å². The first-order chi connectivity index (χ1) is 9.74. The van der Waals surface area contributed by atoms with E-state index in [-0.39, 0.29) is 18.6 Å². The molecule has 1 amide bonds. The zero-order chi connectivity index (χ0) is 15.8. The zero-order valence-corrected chi connectivity index (χ0v) is 13.2. The smallest absolute Gasteiger partial charge is 0.411 e. The van der Waals surface area contributed by atoms with Crippen molar-refractivity contribution in [3.8, 4) is 0 Å². The summed E-state index contributed by atoms with van der Waals surface area (Å²) in [6, 6.07) is -0.991. The van der Waals surface area contributed by atoms with Crippen molar-refractivity contribution in [2.24, 2.45) is 5.92 Å². The molecule has 1 heterocycles. The quantitative estimate of drug-likeness (QED) is 0.785. The summed E-state index contributed by atoms with van der Waals surface area (Å²) in [5.41, 5.74) is -0.641. The van der Waals surface area contributed by atoms with Crippen molar-refractivity contribution in [1.82, 2.24) is 4.90 Å². The molecule has 0 aromatic carbocycles. The fourth-order valence-electron chi connectivity index (χ4n) is 3.28. The molecule has 120 valence electrons. The van der Waals surface area contributed by atoms with E-state index in [0.717, 1.165) is 6.42 Å². The van der Waals surface area contributed by atoms with Gasteiger partial charge in [-0.3, -0.25) is 4.90 Å². The summed E-state index contributed by atoms with van der Waals surface area (Å²) in [5.74, 6) is -0.352. The van der Waals surface area contributed by atoms with E-state index < -0.39 is 29.8 Å². The number of ether oxygens (including phenoxy) is 2. The van der Waals surface area contributed by atoms with Crippen LogP contribution in [0.5, 0.6) is 0 Å². The third-order valence-electron chi connectivity index (χ3n) is 4.06. The van der Waals surface area contributed by atoms with Crippen molar-refractivity contribution in [2.45, 2.75) is 70.7 Å². The highest BCUT2D eigenvalue weighted by atomic mass is 16.6. The van der Waals surface area contributed by atoms with Crippen LogP contribution in [0.25, 0.3) is 0 Å². The Hall–Kier alpha value is -1.30. The van der Waals surface area contributed by atoms with E-state index in [2.05, 4.69) is 0 Å². The Morgan fingerprint density at radius 3 is 2.52 bits per heavy atom. The van der Waals surface area contributed by atoms with E-state index in [1.165, 1.54) is 4.90 Å². The molecule has 0 radical (unpaired) electrons. The highest BCUT2D eigenvalue weighted by Gasteiger charge is 2.54. The molecule has 0 spiro atoms. The van der Waals surface area contributed by atoms with Gasteiger partial charge < -0.3 is 14.6 Å². The first kappa shape index (κ1) is 16.1. The number of carbonyl (C=O) groups excluding carboxylic acids is 2. The molecule has 1 aliphatic heterocycles. The topological polar surface area (TPSA) is 76.1 Å². The van der Waals surface area contributed by atoms with Crippen molar-refractivity contribution >= 4 is 12.1 Å². The number of nitrogens with zero attached hydrogens (tertiary/aromatic N) is 1. The molecule has 2 rings (SSSR count). The molecule has 6 heteroatoms. The Bertz CT molecular complexity index is 417. The molecule has 2 unspecified atom stereocenters. The Morgan fingerprint density at radius 1 is 1.29 bits per heavy atom. The fraction of sp³-hybridized carbons (Fsp3) is 0.867. The van der Waals surface area contributed by atoms with Crippen LogP contribution in [0.1, 0.15) is 47.0 Å². The van der Waals surface area contributed by atoms with Crippen LogP contribution in [0.3, 0.4) is 0 Å². The van der Waals surface area contributed by atoms with Gasteiger partial charge in [0.15, 0.2) is 0 Å². The number of hydrogen-bond donors (Lipinski definition) is 1. The predicted molar refractivity (Wildman–Crippen MR) is 75.6 cm³/mol. The van der Waals surface area contributed by atoms with Crippen LogP contribution in [0.15, 0.2) is 0 Å². The molecule has 4 atom stereocenters. The summed E-state index contributed by atoms with van der Waals surface area (Å²) in [5, 5.41) is 10.1. The van der Waals surface area contributed by atoms with E-state index in [1.54, 1.807) is 27.7 Å². The van der Waals surface area contributed by atoms with E-state index in [0.29, 0.717) is 12.8 Å². The van der Waals surface area contributed by atoms with Gasteiger partial charge in [0.05, 0.1) is 18.8 Å². The number of carbonyl (C=O) groups is 2. The van der Waals surface area contributed by atoms with Gasteiger partial charge in [0, 0.05) is 0 Å². The van der Waals surface area contributed by atoms with Crippen molar-refractivity contribution in [1.29, 1.82) is 0 Å². The molecule has 2 bridgehead atoms. The fourth-order valence-corrected chi connectivity index (χ4v) is 3.28. The minimum atomic E-state index is -0.641. The number of hydrogen-bond acceptors (Lipinski definition) is 5. The Balaban J connectivity index is 2.24. The monoisotopic (exact) mass is 299 g/mol. The molecule has 2 fully saturated rings. The van der Waals surface area contributed by atoms with Gasteiger partial charge in [-0.25, -0.2) is 9.59 Å². The van der Waals surface area contributed by atoms with E-state index in [1.807, 2.05) is 0 Å². The molecule has 21 heavy (non-hydrogen) atoms. The lowest BCUT2D eigenvalue weighted by atomic mass is 9.85. The van der Waals surface area contributed by atoms with Crippen molar-refractivity contribution in [2.75, 3.05) is 6.61 Å². The number of aliphatic hydroxyl groups excluding tert-OH is 1. The maximum Gasteiger partial charge on any atom is 0.411 e. The van der Waals surface area contributed by atoms with E-state index in [9.17, 15) is 14.7 Å². The summed E-state index contributed by atoms with van der Waals surface area (Å²) in [4.78, 5) is 26.1. The maximum absolute atomic E-state index is 12.5. The molecular weight excluding hydrogens is 274 g/mol. The Kier molecular flexibility index (Phi) is 4.46. The first-order valence-electron chi connectivity index (χ1n) is 7.60. The van der Waals surface area contributed by atoms with Crippen LogP contribution >= 0.6 is 0 Å². The lowest BCUT2D eigenvalue weighted by molar-refractivity contribution is -0.150. The van der Waals surface area contributed by atoms with E-state index >= 15 is 0 Å². The van der Waals surface area contributed by atoms with Crippen molar-refractivity contribution < 1.29 is 24.2 Å². The van der Waals surface area contributed by atoms with Gasteiger partial charge in [-0.2, -0.15) is 0 Å². The molecule has 0 aromatic heterocycles. The molecule has 1 saturated heterocycles. The number of rotatable bonds is 2. The normalized spacial score (nSPS) is 32.0. The number of amides is 1. The second-order valence-electron chi connectivity index (χ2n) is 6.79. The Labute approximate surface area is 125 Å². The molecular formula is C15H25NO5. The molecule has 1 saturated carbocycles. The third kappa shape index (κ3) is 3.31. The molecule has 1 aliphatic carbocycles. The van der Waals surface area contributed by atoms with Crippen LogP contribution in [0.4, 0.5) is 4.79 Å². The lowest BCUT2D eigenvalue weighted by Crippen LogP contribution is -2.50. The summed E-state index contributed by atoms with van der Waals surface area (Å²) >= 11 is 0. The van der Waals surface area contributed by atoms with Crippen LogP contribution in [-0.4, -0.2) is 52.5 Å². The van der Waals surface area contributed by atoms with Crippen LogP contribution < -0.4 is 0 Å². The van der Waals surface area contributed by atoms with Gasteiger partial charge in [-0.15, -0.1) is 0 Å². The summed E-state index contributed by atoms with van der Waals surface area (Å²) in [7, 11) is 0. The standard InChI is InChI=1S/C15H25NO5/c1-5-20-13(18)12-9-6-7-11(17)10(8-9)16(12)14(19)21-15(2,3)4/h9-12,17H,5-8H2,1-4H3/t9?,10?,11-,12+/m1/s1. The largest absolute Gasteiger partial charge is 0.464 e. The van der Waals surface area contributed by atoms with Gasteiger partial charge in [0.2, 0.25) is 0 Å². The van der Waals surface area contributed by atoms with Crippen LogP contribution in [0, 0.1) is 5.92 Å². The molecule has 1 N–H and O–H groups in total. The van der Waals surface area contributed by atoms with Gasteiger partial charge in [-0.1, -0.05) is 0 Å². The average molecular weight is 299 g/mol. The van der Waals surface area contributed by atoms with Gasteiger partial charge in [0.1, 0.15) is 11.6 Å². The predicted octanol–water partition coefficient (Wildman–Crippen LogP) is 1.70. The van der Waals surface area contributed by atoms with Crippen LogP contribution in [-0.2, 0) is 14.3 Å². The minimum absolute atomic E-state index is 0.0463. The Morgan fingerprint density at radius 2 is 1.95 bits per heavy atom. The van der Waals surface area contributed by atoms with Gasteiger partial charge in [-0.05, 0) is 52.9 Å². The molecule has 0 aromatic rings. The second kappa shape index (κ2) is 5.83. The number of fused-ring (bicyclic) bond motifs is 2. The molecule has 6 nitrogen and oxygen atoms in total. The van der Waals surface area contributed by atoms with Crippen molar-refractivity contribution in [3.63, 3.8) is 0 Å². The van der Waals surface area contributed by atoms with Crippen molar-refractivity contribution in [3.05, 3.63) is 0 Å². The highest BCUT2D eigenvalue weighted by Crippen LogP contribution is 2.41. The molecule has 2 aliphatic rings. The van der Waals surface area contributed by atoms with E-state index in [4.69, 9.17) is 9.47 Å². The number of aliphatic hydroxyl groups is 1. The third-order valence-corrected chi connectivity index (χ3v) is 4.06. The summed E-state index contributed by atoms with van der Waals surface area (Å²) in [6.45, 7) is 7.36. The lowest BCUT2D eigenvalue weighted by Gasteiger charge is -2.32. The number of likely N-dealkylation sites (tertiary alicyclic amines) is 1. The van der Waals surface area contributed by atoms with Crippen LogP contribution in [0.2, 0.25) is 0 Å². The minimum Gasteiger partial charge on any atom is -0.464 e. The summed E-state index contributed by atoms with van der Waals surface area (Å²) < 4.78 is 10.5. The first-order valence-corrected chi connectivity index (χ1v) is 7.60. The highest BCUT2D eigenvalue weighted by molar-refractivity contribution is 5.83. The number of esters is 1. The zero-order valence-electron chi connectivity index (χ0n) is 13.2. The average Bonchev–Trinajstić information content (AvgIpc) is 2.67. The SMILES string of the molecule is CCOC(=O)[C@@H]1C2CC[C@@H](O)C(C2)N1C(=O)OC(C)(C)C. The summed E-state index contributed by atoms with van der Waals surface area (Å²) in [6.07, 6.45) is 0.803. The maximum atomic E-state index is 12.5. The second-order valence-corrected chi connectivity index (χ2v) is 6.79.